The van der Waals surface area contributed by atoms with Crippen LogP contribution in [-0.2, 0) is 11.3 Å². The van der Waals surface area contributed by atoms with Crippen LogP contribution in [0.4, 0.5) is 10.5 Å². The number of nitrogens with zero attached hydrogens (tertiary/aromatic N) is 2. The first-order valence-corrected chi connectivity index (χ1v) is 9.46. The van der Waals surface area contributed by atoms with Gasteiger partial charge in [-0.1, -0.05) is 17.7 Å². The number of carbonyl (C=O) groups excluding carboxylic acids is 2. The molecular weight excluding hydrogens is 350 g/mol. The number of urea groups is 1. The maximum Gasteiger partial charge on any atom is 0.357 e. The van der Waals surface area contributed by atoms with Gasteiger partial charge < -0.3 is 15.0 Å². The van der Waals surface area contributed by atoms with E-state index in [0.717, 1.165) is 16.8 Å². The number of esters is 1. The molecule has 26 heavy (non-hydrogen) atoms. The fraction of sp³-hybridized carbons (Fsp3) is 0.421. The van der Waals surface area contributed by atoms with E-state index in [-0.39, 0.29) is 17.8 Å². The van der Waals surface area contributed by atoms with E-state index in [1.165, 1.54) is 11.3 Å². The highest BCUT2D eigenvalue weighted by Gasteiger charge is 2.21. The Morgan fingerprint density at radius 2 is 2.04 bits per heavy atom. The van der Waals surface area contributed by atoms with Crippen LogP contribution in [0.15, 0.2) is 23.6 Å². The molecule has 0 aliphatic rings. The first-order chi connectivity index (χ1) is 12.3. The Bertz CT molecular complexity index is 786. The monoisotopic (exact) mass is 375 g/mol. The fourth-order valence-electron chi connectivity index (χ4n) is 2.46. The van der Waals surface area contributed by atoms with Gasteiger partial charge in [0.15, 0.2) is 5.69 Å². The van der Waals surface area contributed by atoms with Crippen molar-refractivity contribution >= 4 is 29.0 Å². The number of aryl methyl sites for hydroxylation is 2. The van der Waals surface area contributed by atoms with Crippen molar-refractivity contribution in [2.45, 2.75) is 47.2 Å². The van der Waals surface area contributed by atoms with Crippen molar-refractivity contribution in [3.63, 3.8) is 0 Å². The summed E-state index contributed by atoms with van der Waals surface area (Å²) in [4.78, 5) is 30.5. The molecule has 0 unspecified atom stereocenters. The molecule has 1 N–H and O–H groups in total. The van der Waals surface area contributed by atoms with Crippen molar-refractivity contribution in [2.24, 2.45) is 0 Å². The van der Waals surface area contributed by atoms with Gasteiger partial charge in [-0.15, -0.1) is 11.3 Å². The van der Waals surface area contributed by atoms with E-state index in [1.807, 2.05) is 45.9 Å². The molecule has 1 aromatic heterocycles. The van der Waals surface area contributed by atoms with Crippen LogP contribution in [0.3, 0.4) is 0 Å². The number of hydrogen-bond donors (Lipinski definition) is 1. The van der Waals surface area contributed by atoms with E-state index < -0.39 is 5.97 Å². The predicted molar refractivity (Wildman–Crippen MR) is 104 cm³/mol. The summed E-state index contributed by atoms with van der Waals surface area (Å²) in [6.45, 7) is 10.3. The van der Waals surface area contributed by atoms with Crippen molar-refractivity contribution < 1.29 is 14.3 Å². The number of amides is 2. The summed E-state index contributed by atoms with van der Waals surface area (Å²) in [5.74, 6) is -0.439. The number of nitrogens with one attached hydrogen (secondary N) is 1. The van der Waals surface area contributed by atoms with E-state index in [0.29, 0.717) is 18.2 Å². The molecule has 0 aliphatic carbocycles. The number of ether oxygens (including phenoxy) is 1. The summed E-state index contributed by atoms with van der Waals surface area (Å²) >= 11 is 1.34. The Balaban J connectivity index is 2.10. The van der Waals surface area contributed by atoms with E-state index in [2.05, 4.69) is 10.3 Å². The second kappa shape index (κ2) is 8.80. The van der Waals surface area contributed by atoms with Gasteiger partial charge in [0.1, 0.15) is 5.01 Å². The standard InChI is InChI=1S/C19H25N3O3S/c1-6-25-18(23)16-11-26-17(20-16)10-22(12(2)3)19(24)21-15-8-7-13(4)9-14(15)5/h7-9,11-12H,6,10H2,1-5H3,(H,21,24). The predicted octanol–water partition coefficient (Wildman–Crippen LogP) is 4.38. The molecule has 7 heteroatoms. The molecule has 2 rings (SSSR count). The van der Waals surface area contributed by atoms with E-state index in [9.17, 15) is 9.59 Å². The van der Waals surface area contributed by atoms with Crippen LogP contribution in [-0.4, -0.2) is 34.5 Å². The highest BCUT2D eigenvalue weighted by Crippen LogP contribution is 2.19. The SMILES string of the molecule is CCOC(=O)c1csc(CN(C(=O)Nc2ccc(C)cc2C)C(C)C)n1. The number of hydrogen-bond acceptors (Lipinski definition) is 5. The van der Waals surface area contributed by atoms with Crippen molar-refractivity contribution in [2.75, 3.05) is 11.9 Å². The quantitative estimate of drug-likeness (QED) is 0.761. The molecule has 1 aromatic carbocycles. The zero-order chi connectivity index (χ0) is 19.3. The molecule has 0 spiro atoms. The zero-order valence-electron chi connectivity index (χ0n) is 15.8. The normalized spacial score (nSPS) is 10.7. The largest absolute Gasteiger partial charge is 0.461 e. The first kappa shape index (κ1) is 19.9. The minimum atomic E-state index is -0.439. The topological polar surface area (TPSA) is 71.5 Å². The second-order valence-electron chi connectivity index (χ2n) is 6.32. The Morgan fingerprint density at radius 1 is 1.31 bits per heavy atom. The lowest BCUT2D eigenvalue weighted by atomic mass is 10.1. The summed E-state index contributed by atoms with van der Waals surface area (Å²) in [6.07, 6.45) is 0. The number of carbonyl (C=O) groups is 2. The summed E-state index contributed by atoms with van der Waals surface area (Å²) in [7, 11) is 0. The molecule has 0 atom stereocenters. The lowest BCUT2D eigenvalue weighted by Crippen LogP contribution is -2.39. The molecule has 0 saturated carbocycles. The summed E-state index contributed by atoms with van der Waals surface area (Å²) in [6, 6.07) is 5.69. The molecule has 140 valence electrons. The smallest absolute Gasteiger partial charge is 0.357 e. The van der Waals surface area contributed by atoms with Crippen LogP contribution in [0, 0.1) is 13.8 Å². The molecule has 0 bridgehead atoms. The molecule has 0 aliphatic heterocycles. The number of aromatic nitrogens is 1. The fourth-order valence-corrected chi connectivity index (χ4v) is 3.22. The van der Waals surface area contributed by atoms with Crippen LogP contribution in [0.25, 0.3) is 0 Å². The van der Waals surface area contributed by atoms with Gasteiger partial charge in [-0.2, -0.15) is 0 Å². The summed E-state index contributed by atoms with van der Waals surface area (Å²) < 4.78 is 4.96. The third-order valence-electron chi connectivity index (χ3n) is 3.85. The molecule has 2 amide bonds. The van der Waals surface area contributed by atoms with Crippen LogP contribution in [0.2, 0.25) is 0 Å². The average Bonchev–Trinajstić information content (AvgIpc) is 3.04. The van der Waals surface area contributed by atoms with Gasteiger partial charge in [0.2, 0.25) is 0 Å². The summed E-state index contributed by atoms with van der Waals surface area (Å²) in [5.41, 5.74) is 3.24. The van der Waals surface area contributed by atoms with Crippen molar-refractivity contribution in [1.29, 1.82) is 0 Å². The number of benzene rings is 1. The lowest BCUT2D eigenvalue weighted by molar-refractivity contribution is 0.0520. The van der Waals surface area contributed by atoms with Gasteiger partial charge in [0, 0.05) is 17.1 Å². The van der Waals surface area contributed by atoms with Gasteiger partial charge in [-0.05, 0) is 46.2 Å². The third-order valence-corrected chi connectivity index (χ3v) is 4.68. The maximum absolute atomic E-state index is 12.7. The highest BCUT2D eigenvalue weighted by molar-refractivity contribution is 7.09. The molecule has 0 radical (unpaired) electrons. The van der Waals surface area contributed by atoms with Crippen molar-refractivity contribution in [3.05, 3.63) is 45.4 Å². The Kier molecular flexibility index (Phi) is 6.74. The minimum Gasteiger partial charge on any atom is -0.461 e. The lowest BCUT2D eigenvalue weighted by Gasteiger charge is -2.26. The van der Waals surface area contributed by atoms with Gasteiger partial charge in [-0.3, -0.25) is 0 Å². The third kappa shape index (κ3) is 5.05. The van der Waals surface area contributed by atoms with E-state index in [1.54, 1.807) is 17.2 Å². The van der Waals surface area contributed by atoms with Gasteiger partial charge >= 0.3 is 12.0 Å². The maximum atomic E-state index is 12.7. The number of thiazole rings is 1. The Labute approximate surface area is 158 Å². The highest BCUT2D eigenvalue weighted by atomic mass is 32.1. The molecule has 2 aromatic rings. The van der Waals surface area contributed by atoms with E-state index in [4.69, 9.17) is 4.74 Å². The van der Waals surface area contributed by atoms with Crippen LogP contribution < -0.4 is 5.32 Å². The van der Waals surface area contributed by atoms with Gasteiger partial charge in [0.05, 0.1) is 13.2 Å². The number of anilines is 1. The summed E-state index contributed by atoms with van der Waals surface area (Å²) in [5, 5.41) is 5.31. The van der Waals surface area contributed by atoms with Crippen LogP contribution >= 0.6 is 11.3 Å². The molecular formula is C19H25N3O3S. The minimum absolute atomic E-state index is 0.0179. The Morgan fingerprint density at radius 3 is 2.65 bits per heavy atom. The van der Waals surface area contributed by atoms with Crippen LogP contribution in [0.1, 0.15) is 47.4 Å². The number of rotatable bonds is 6. The van der Waals surface area contributed by atoms with Gasteiger partial charge in [-0.25, -0.2) is 14.6 Å². The zero-order valence-corrected chi connectivity index (χ0v) is 16.6. The molecule has 1 heterocycles. The molecule has 0 saturated heterocycles. The first-order valence-electron chi connectivity index (χ1n) is 8.58. The average molecular weight is 375 g/mol. The second-order valence-corrected chi connectivity index (χ2v) is 7.26. The van der Waals surface area contributed by atoms with Crippen molar-refractivity contribution in [3.8, 4) is 0 Å². The van der Waals surface area contributed by atoms with Crippen molar-refractivity contribution in [1.82, 2.24) is 9.88 Å². The van der Waals surface area contributed by atoms with Crippen LogP contribution in [0.5, 0.6) is 0 Å². The Hall–Kier alpha value is -2.41. The van der Waals surface area contributed by atoms with E-state index >= 15 is 0 Å². The molecule has 0 fully saturated rings. The van der Waals surface area contributed by atoms with Gasteiger partial charge in [0.25, 0.3) is 0 Å². The molecule has 6 nitrogen and oxygen atoms in total.